The van der Waals surface area contributed by atoms with E-state index in [0.717, 1.165) is 25.0 Å². The van der Waals surface area contributed by atoms with Crippen LogP contribution in [0.2, 0.25) is 0 Å². The van der Waals surface area contributed by atoms with E-state index in [2.05, 4.69) is 24.8 Å². The molecule has 2 aliphatic rings. The van der Waals surface area contributed by atoms with Crippen LogP contribution >= 0.6 is 0 Å². The van der Waals surface area contributed by atoms with Gasteiger partial charge >= 0.3 is 0 Å². The Morgan fingerprint density at radius 2 is 1.76 bits per heavy atom. The van der Waals surface area contributed by atoms with E-state index in [1.165, 1.54) is 6.42 Å². The van der Waals surface area contributed by atoms with Gasteiger partial charge in [0.05, 0.1) is 5.57 Å². The molecule has 0 aromatic heterocycles. The van der Waals surface area contributed by atoms with Gasteiger partial charge in [-0.1, -0.05) is 13.8 Å². The predicted octanol–water partition coefficient (Wildman–Crippen LogP) is 3.41. The molecule has 0 bridgehead atoms. The third-order valence-electron chi connectivity index (χ3n) is 4.58. The Morgan fingerprint density at radius 1 is 1.14 bits per heavy atom. The molecule has 4 heteroatoms. The molecule has 2 rings (SSSR count). The molecule has 0 atom stereocenters. The SMILES string of the molecule is CN(C1=C(C#N)C(=C(C#N)C#N)CC(C)(C)C1)C1CCC1. The lowest BCUT2D eigenvalue weighted by molar-refractivity contribution is 0.174. The second-order valence-electron chi connectivity index (χ2n) is 6.72. The highest BCUT2D eigenvalue weighted by molar-refractivity contribution is 5.57. The van der Waals surface area contributed by atoms with E-state index in [1.54, 1.807) is 0 Å². The Kier molecular flexibility index (Phi) is 4.06. The van der Waals surface area contributed by atoms with Crippen molar-refractivity contribution in [2.45, 2.75) is 52.0 Å². The summed E-state index contributed by atoms with van der Waals surface area (Å²) in [4.78, 5) is 2.20. The number of nitrogens with zero attached hydrogens (tertiary/aromatic N) is 4. The van der Waals surface area contributed by atoms with Crippen LogP contribution in [0.5, 0.6) is 0 Å². The van der Waals surface area contributed by atoms with Gasteiger partial charge in [-0.25, -0.2) is 0 Å². The third-order valence-corrected chi connectivity index (χ3v) is 4.58. The number of rotatable bonds is 2. The molecule has 1 fully saturated rings. The maximum absolute atomic E-state index is 9.58. The molecule has 0 heterocycles. The first-order valence-electron chi connectivity index (χ1n) is 7.33. The first-order chi connectivity index (χ1) is 9.93. The van der Waals surface area contributed by atoms with Crippen LogP contribution in [-0.4, -0.2) is 18.0 Å². The Bertz CT molecular complexity index is 611. The smallest absolute Gasteiger partial charge is 0.134 e. The maximum Gasteiger partial charge on any atom is 0.134 e. The quantitative estimate of drug-likeness (QED) is 0.726. The lowest BCUT2D eigenvalue weighted by atomic mass is 9.72. The number of nitriles is 3. The van der Waals surface area contributed by atoms with E-state index in [-0.39, 0.29) is 11.0 Å². The first-order valence-corrected chi connectivity index (χ1v) is 7.33. The lowest BCUT2D eigenvalue weighted by Crippen LogP contribution is -2.39. The van der Waals surface area contributed by atoms with E-state index in [4.69, 9.17) is 0 Å². The van der Waals surface area contributed by atoms with E-state index in [9.17, 15) is 15.8 Å². The van der Waals surface area contributed by atoms with Gasteiger partial charge in [0.1, 0.15) is 23.8 Å². The molecular weight excluding hydrogens is 260 g/mol. The average molecular weight is 280 g/mol. The Morgan fingerprint density at radius 3 is 2.19 bits per heavy atom. The second-order valence-corrected chi connectivity index (χ2v) is 6.72. The zero-order valence-electron chi connectivity index (χ0n) is 12.9. The van der Waals surface area contributed by atoms with Crippen LogP contribution in [0, 0.1) is 39.4 Å². The summed E-state index contributed by atoms with van der Waals surface area (Å²) in [6.07, 6.45) is 4.96. The minimum absolute atomic E-state index is 0.0397. The van der Waals surface area contributed by atoms with Gasteiger partial charge in [0.15, 0.2) is 0 Å². The minimum Gasteiger partial charge on any atom is -0.374 e. The van der Waals surface area contributed by atoms with Gasteiger partial charge in [-0.05, 0) is 37.5 Å². The van der Waals surface area contributed by atoms with Crippen molar-refractivity contribution in [1.29, 1.82) is 15.8 Å². The van der Waals surface area contributed by atoms with E-state index in [1.807, 2.05) is 19.2 Å². The van der Waals surface area contributed by atoms with E-state index in [0.29, 0.717) is 23.6 Å². The Balaban J connectivity index is 2.57. The van der Waals surface area contributed by atoms with Crippen molar-refractivity contribution in [3.63, 3.8) is 0 Å². The standard InChI is InChI=1S/C17H20N4/c1-17(2)7-14(12(9-18)10-19)15(11-20)16(8-17)21(3)13-5-4-6-13/h13H,4-8H2,1-3H3. The molecule has 0 amide bonds. The monoisotopic (exact) mass is 280 g/mol. The van der Waals surface area contributed by atoms with E-state index >= 15 is 0 Å². The summed E-state index contributed by atoms with van der Waals surface area (Å²) in [5.74, 6) is 0. The van der Waals surface area contributed by atoms with Crippen LogP contribution in [0.25, 0.3) is 0 Å². The van der Waals surface area contributed by atoms with Gasteiger partial charge in [0.2, 0.25) is 0 Å². The van der Waals surface area contributed by atoms with Gasteiger partial charge in [-0.15, -0.1) is 0 Å². The van der Waals surface area contributed by atoms with Crippen molar-refractivity contribution in [3.05, 3.63) is 22.4 Å². The fourth-order valence-electron chi connectivity index (χ4n) is 3.15. The molecule has 1 saturated carbocycles. The lowest BCUT2D eigenvalue weighted by Gasteiger charge is -2.43. The Hall–Kier alpha value is -2.25. The highest BCUT2D eigenvalue weighted by Gasteiger charge is 2.36. The molecule has 0 saturated heterocycles. The van der Waals surface area contributed by atoms with Crippen molar-refractivity contribution in [2.75, 3.05) is 7.05 Å². The predicted molar refractivity (Wildman–Crippen MR) is 79.3 cm³/mol. The van der Waals surface area contributed by atoms with Gasteiger partial charge in [-0.2, -0.15) is 15.8 Å². The molecule has 4 nitrogen and oxygen atoms in total. The summed E-state index contributed by atoms with van der Waals surface area (Å²) in [5.41, 5.74) is 2.21. The highest BCUT2D eigenvalue weighted by Crippen LogP contribution is 2.45. The van der Waals surface area contributed by atoms with Crippen molar-refractivity contribution in [3.8, 4) is 18.2 Å². The molecule has 0 aromatic carbocycles. The summed E-state index contributed by atoms with van der Waals surface area (Å²) < 4.78 is 0. The van der Waals surface area contributed by atoms with Crippen LogP contribution < -0.4 is 0 Å². The molecule has 0 aromatic rings. The number of allylic oxidation sites excluding steroid dienone is 4. The fourth-order valence-corrected chi connectivity index (χ4v) is 3.15. The number of hydrogen-bond acceptors (Lipinski definition) is 4. The summed E-state index contributed by atoms with van der Waals surface area (Å²) in [5, 5.41) is 27.9. The molecule has 21 heavy (non-hydrogen) atoms. The summed E-state index contributed by atoms with van der Waals surface area (Å²) in [7, 11) is 2.04. The van der Waals surface area contributed by atoms with Gasteiger partial charge in [0, 0.05) is 24.4 Å². The topological polar surface area (TPSA) is 74.6 Å². The largest absolute Gasteiger partial charge is 0.374 e. The van der Waals surface area contributed by atoms with Crippen LogP contribution in [0.3, 0.4) is 0 Å². The molecular formula is C17H20N4. The zero-order valence-corrected chi connectivity index (χ0v) is 12.9. The van der Waals surface area contributed by atoms with Crippen molar-refractivity contribution >= 4 is 0 Å². The fraction of sp³-hybridized carbons (Fsp3) is 0.588. The van der Waals surface area contributed by atoms with E-state index < -0.39 is 0 Å². The molecule has 0 radical (unpaired) electrons. The van der Waals surface area contributed by atoms with Crippen molar-refractivity contribution in [1.82, 2.24) is 4.90 Å². The average Bonchev–Trinajstić information content (AvgIpc) is 2.36. The Labute approximate surface area is 126 Å². The third kappa shape index (κ3) is 2.79. The van der Waals surface area contributed by atoms with Gasteiger partial charge < -0.3 is 4.90 Å². The normalized spacial score (nSPS) is 20.9. The van der Waals surface area contributed by atoms with Crippen molar-refractivity contribution < 1.29 is 0 Å². The summed E-state index contributed by atoms with van der Waals surface area (Å²) >= 11 is 0. The summed E-state index contributed by atoms with van der Waals surface area (Å²) in [6, 6.07) is 6.65. The van der Waals surface area contributed by atoms with Crippen LogP contribution in [0.4, 0.5) is 0 Å². The molecule has 0 spiro atoms. The molecule has 2 aliphatic carbocycles. The van der Waals surface area contributed by atoms with Gasteiger partial charge in [0.25, 0.3) is 0 Å². The van der Waals surface area contributed by atoms with Crippen molar-refractivity contribution in [2.24, 2.45) is 5.41 Å². The molecule has 108 valence electrons. The molecule has 0 unspecified atom stereocenters. The highest BCUT2D eigenvalue weighted by atomic mass is 15.2. The zero-order chi connectivity index (χ0) is 15.6. The molecule has 0 N–H and O–H groups in total. The second kappa shape index (κ2) is 5.63. The van der Waals surface area contributed by atoms with Crippen LogP contribution in [-0.2, 0) is 0 Å². The first kappa shape index (κ1) is 15.1. The van der Waals surface area contributed by atoms with Crippen LogP contribution in [0.1, 0.15) is 46.0 Å². The molecule has 0 aliphatic heterocycles. The van der Waals surface area contributed by atoms with Crippen LogP contribution in [0.15, 0.2) is 22.4 Å². The van der Waals surface area contributed by atoms with Gasteiger partial charge in [-0.3, -0.25) is 0 Å². The number of hydrogen-bond donors (Lipinski definition) is 0. The summed E-state index contributed by atoms with van der Waals surface area (Å²) in [6.45, 7) is 4.25. The minimum atomic E-state index is -0.0397. The maximum atomic E-state index is 9.58.